The van der Waals surface area contributed by atoms with Crippen molar-refractivity contribution in [1.29, 1.82) is 0 Å². The second-order valence-electron chi connectivity index (χ2n) is 6.26. The summed E-state index contributed by atoms with van der Waals surface area (Å²) >= 11 is 0. The van der Waals surface area contributed by atoms with E-state index >= 15 is 0 Å². The summed E-state index contributed by atoms with van der Waals surface area (Å²) in [6.07, 6.45) is 0.799. The molecule has 118 valence electrons. The van der Waals surface area contributed by atoms with Crippen molar-refractivity contribution in [3.8, 4) is 0 Å². The fourth-order valence-corrected chi connectivity index (χ4v) is 3.15. The van der Waals surface area contributed by atoms with Gasteiger partial charge in [0.25, 0.3) is 0 Å². The summed E-state index contributed by atoms with van der Waals surface area (Å²) in [7, 11) is 0. The predicted molar refractivity (Wildman–Crippen MR) is 82.2 cm³/mol. The first-order valence-corrected chi connectivity index (χ1v) is 7.92. The lowest BCUT2D eigenvalue weighted by Crippen LogP contribution is -2.29. The van der Waals surface area contributed by atoms with Crippen LogP contribution in [0.5, 0.6) is 0 Å². The molecule has 1 aromatic carbocycles. The number of halogens is 2. The van der Waals surface area contributed by atoms with Gasteiger partial charge >= 0.3 is 0 Å². The fourth-order valence-electron chi connectivity index (χ4n) is 3.15. The van der Waals surface area contributed by atoms with E-state index in [9.17, 15) is 8.78 Å². The summed E-state index contributed by atoms with van der Waals surface area (Å²) in [5, 5.41) is 3.28. The molecular formula is C17H26F2N2. The molecule has 3 unspecified atom stereocenters. The molecule has 0 amide bonds. The van der Waals surface area contributed by atoms with Crippen LogP contribution in [0.15, 0.2) is 18.2 Å². The first kappa shape index (κ1) is 16.4. The van der Waals surface area contributed by atoms with E-state index in [0.29, 0.717) is 17.4 Å². The molecule has 0 aliphatic carbocycles. The van der Waals surface area contributed by atoms with Gasteiger partial charge < -0.3 is 10.2 Å². The Morgan fingerprint density at radius 3 is 2.52 bits per heavy atom. The first-order valence-electron chi connectivity index (χ1n) is 7.92. The largest absolute Gasteiger partial charge is 0.310 e. The second-order valence-corrected chi connectivity index (χ2v) is 6.26. The van der Waals surface area contributed by atoms with Crippen LogP contribution in [0, 0.1) is 23.5 Å². The standard InChI is InChI=1S/C17H26F2N2/c1-4-20-16(14-6-5-7-15(18)17(14)19)8-9-21-10-12(2)13(3)11-21/h5-7,12-13,16,20H,4,8-11H2,1-3H3. The highest BCUT2D eigenvalue weighted by Crippen LogP contribution is 2.26. The maximum absolute atomic E-state index is 14.0. The van der Waals surface area contributed by atoms with Crippen LogP contribution >= 0.6 is 0 Å². The Kier molecular flexibility index (Phi) is 5.71. The SMILES string of the molecule is CCNC(CCN1CC(C)C(C)C1)c1cccc(F)c1F. The van der Waals surface area contributed by atoms with Gasteiger partial charge in [0.1, 0.15) is 0 Å². The monoisotopic (exact) mass is 296 g/mol. The van der Waals surface area contributed by atoms with E-state index in [0.717, 1.165) is 32.6 Å². The predicted octanol–water partition coefficient (Wildman–Crippen LogP) is 3.59. The fraction of sp³-hybridized carbons (Fsp3) is 0.647. The van der Waals surface area contributed by atoms with Crippen LogP contribution in [0.3, 0.4) is 0 Å². The summed E-state index contributed by atoms with van der Waals surface area (Å²) < 4.78 is 27.4. The molecule has 2 nitrogen and oxygen atoms in total. The van der Waals surface area contributed by atoms with Crippen LogP contribution in [0.1, 0.15) is 38.8 Å². The topological polar surface area (TPSA) is 15.3 Å². The number of rotatable bonds is 6. The Hall–Kier alpha value is -1.00. The summed E-state index contributed by atoms with van der Waals surface area (Å²) in [5.74, 6) is -0.0487. The Morgan fingerprint density at radius 1 is 1.24 bits per heavy atom. The van der Waals surface area contributed by atoms with Crippen molar-refractivity contribution in [3.05, 3.63) is 35.4 Å². The number of benzene rings is 1. The first-order chi connectivity index (χ1) is 10.0. The zero-order valence-corrected chi connectivity index (χ0v) is 13.2. The van der Waals surface area contributed by atoms with E-state index in [1.54, 1.807) is 12.1 Å². The average molecular weight is 296 g/mol. The zero-order chi connectivity index (χ0) is 15.4. The van der Waals surface area contributed by atoms with Crippen molar-refractivity contribution in [3.63, 3.8) is 0 Å². The highest BCUT2D eigenvalue weighted by Gasteiger charge is 2.26. The molecule has 1 saturated heterocycles. The minimum atomic E-state index is -0.765. The number of nitrogens with zero attached hydrogens (tertiary/aromatic N) is 1. The Bertz CT molecular complexity index is 454. The summed E-state index contributed by atoms with van der Waals surface area (Å²) in [5.41, 5.74) is 0.442. The molecule has 0 saturated carbocycles. The molecular weight excluding hydrogens is 270 g/mol. The number of hydrogen-bond acceptors (Lipinski definition) is 2. The smallest absolute Gasteiger partial charge is 0.163 e. The quantitative estimate of drug-likeness (QED) is 0.863. The van der Waals surface area contributed by atoms with E-state index in [4.69, 9.17) is 0 Å². The van der Waals surface area contributed by atoms with Gasteiger partial charge in [0, 0.05) is 24.7 Å². The minimum absolute atomic E-state index is 0.128. The van der Waals surface area contributed by atoms with Gasteiger partial charge in [-0.1, -0.05) is 32.9 Å². The van der Waals surface area contributed by atoms with Crippen molar-refractivity contribution >= 4 is 0 Å². The molecule has 1 fully saturated rings. The van der Waals surface area contributed by atoms with Crippen LogP contribution in [0.25, 0.3) is 0 Å². The third kappa shape index (κ3) is 4.01. The average Bonchev–Trinajstić information content (AvgIpc) is 2.77. The van der Waals surface area contributed by atoms with E-state index in [2.05, 4.69) is 24.1 Å². The van der Waals surface area contributed by atoms with Crippen LogP contribution in [-0.4, -0.2) is 31.1 Å². The molecule has 0 bridgehead atoms. The molecule has 1 heterocycles. The van der Waals surface area contributed by atoms with Crippen LogP contribution < -0.4 is 5.32 Å². The van der Waals surface area contributed by atoms with Gasteiger partial charge in [-0.3, -0.25) is 0 Å². The summed E-state index contributed by atoms with van der Waals surface area (Å²) in [4.78, 5) is 2.43. The van der Waals surface area contributed by atoms with Gasteiger partial charge in [0.15, 0.2) is 11.6 Å². The molecule has 0 spiro atoms. The van der Waals surface area contributed by atoms with Gasteiger partial charge in [-0.25, -0.2) is 8.78 Å². The van der Waals surface area contributed by atoms with Crippen LogP contribution in [0.4, 0.5) is 8.78 Å². The molecule has 1 aromatic rings. The van der Waals surface area contributed by atoms with Gasteiger partial charge in [-0.15, -0.1) is 0 Å². The minimum Gasteiger partial charge on any atom is -0.310 e. The Labute approximate surface area is 126 Å². The van der Waals surface area contributed by atoms with Gasteiger partial charge in [0.2, 0.25) is 0 Å². The normalized spacial score (nSPS) is 24.4. The molecule has 2 rings (SSSR count). The van der Waals surface area contributed by atoms with E-state index < -0.39 is 11.6 Å². The number of hydrogen-bond donors (Lipinski definition) is 1. The Morgan fingerprint density at radius 2 is 1.90 bits per heavy atom. The zero-order valence-electron chi connectivity index (χ0n) is 13.2. The van der Waals surface area contributed by atoms with E-state index in [-0.39, 0.29) is 6.04 Å². The summed E-state index contributed by atoms with van der Waals surface area (Å²) in [6, 6.07) is 4.31. The summed E-state index contributed by atoms with van der Waals surface area (Å²) in [6.45, 7) is 10.4. The molecule has 0 aromatic heterocycles. The van der Waals surface area contributed by atoms with Crippen molar-refractivity contribution in [2.24, 2.45) is 11.8 Å². The lowest BCUT2D eigenvalue weighted by Gasteiger charge is -2.23. The molecule has 1 aliphatic heterocycles. The van der Waals surface area contributed by atoms with Crippen molar-refractivity contribution in [1.82, 2.24) is 10.2 Å². The third-order valence-electron chi connectivity index (χ3n) is 4.61. The van der Waals surface area contributed by atoms with Crippen molar-refractivity contribution in [2.45, 2.75) is 33.2 Å². The molecule has 0 radical (unpaired) electrons. The van der Waals surface area contributed by atoms with Crippen LogP contribution in [0.2, 0.25) is 0 Å². The van der Waals surface area contributed by atoms with Gasteiger partial charge in [0.05, 0.1) is 0 Å². The highest BCUT2D eigenvalue weighted by atomic mass is 19.2. The van der Waals surface area contributed by atoms with E-state index in [1.165, 1.54) is 6.07 Å². The van der Waals surface area contributed by atoms with Gasteiger partial charge in [-0.05, 0) is 37.4 Å². The molecule has 3 atom stereocenters. The maximum atomic E-state index is 14.0. The molecule has 1 N–H and O–H groups in total. The van der Waals surface area contributed by atoms with E-state index in [1.807, 2.05) is 6.92 Å². The Balaban J connectivity index is 2.01. The second kappa shape index (κ2) is 7.32. The molecule has 21 heavy (non-hydrogen) atoms. The third-order valence-corrected chi connectivity index (χ3v) is 4.61. The lowest BCUT2D eigenvalue weighted by atomic mass is 10.0. The maximum Gasteiger partial charge on any atom is 0.163 e. The van der Waals surface area contributed by atoms with Gasteiger partial charge in [-0.2, -0.15) is 0 Å². The van der Waals surface area contributed by atoms with Crippen LogP contribution in [-0.2, 0) is 0 Å². The number of likely N-dealkylation sites (tertiary alicyclic amines) is 1. The highest BCUT2D eigenvalue weighted by molar-refractivity contribution is 5.22. The van der Waals surface area contributed by atoms with Crippen molar-refractivity contribution < 1.29 is 8.78 Å². The number of nitrogens with one attached hydrogen (secondary N) is 1. The molecule has 1 aliphatic rings. The lowest BCUT2D eigenvalue weighted by molar-refractivity contribution is 0.296. The van der Waals surface area contributed by atoms with Crippen molar-refractivity contribution in [2.75, 3.05) is 26.2 Å². The molecule has 4 heteroatoms.